The van der Waals surface area contributed by atoms with Gasteiger partial charge in [0.15, 0.2) is 0 Å². The van der Waals surface area contributed by atoms with Crippen molar-refractivity contribution in [2.24, 2.45) is 0 Å². The van der Waals surface area contributed by atoms with Crippen molar-refractivity contribution in [1.29, 1.82) is 0 Å². The highest BCUT2D eigenvalue weighted by atomic mass is 19.1. The average molecular weight is 360 g/mol. The summed E-state index contributed by atoms with van der Waals surface area (Å²) in [6.07, 6.45) is 2.93. The normalized spacial score (nSPS) is 10.6. The van der Waals surface area contributed by atoms with Crippen LogP contribution in [0.4, 0.5) is 14.5 Å². The van der Waals surface area contributed by atoms with Crippen LogP contribution in [0.5, 0.6) is 5.75 Å². The second kappa shape index (κ2) is 9.31. The van der Waals surface area contributed by atoms with Crippen LogP contribution in [-0.4, -0.2) is 25.5 Å². The number of hydrogen-bond acceptors (Lipinski definition) is 3. The molecular formula is C19H18F2N2O3. The molecule has 0 heterocycles. The molecule has 7 heteroatoms. The molecule has 0 aromatic heterocycles. The Bertz CT molecular complexity index is 805. The van der Waals surface area contributed by atoms with Gasteiger partial charge >= 0.3 is 0 Å². The summed E-state index contributed by atoms with van der Waals surface area (Å²) in [5, 5.41) is 4.87. The maximum Gasteiger partial charge on any atom is 0.244 e. The molecule has 2 N–H and O–H groups in total. The van der Waals surface area contributed by atoms with Crippen molar-refractivity contribution in [3.05, 3.63) is 65.7 Å². The summed E-state index contributed by atoms with van der Waals surface area (Å²) >= 11 is 0. The smallest absolute Gasteiger partial charge is 0.244 e. The van der Waals surface area contributed by atoms with Gasteiger partial charge in [0.05, 0.1) is 12.8 Å². The van der Waals surface area contributed by atoms with Crippen LogP contribution in [0.15, 0.2) is 48.5 Å². The van der Waals surface area contributed by atoms with Gasteiger partial charge in [0.25, 0.3) is 0 Å². The van der Waals surface area contributed by atoms with Gasteiger partial charge < -0.3 is 15.4 Å². The molecule has 0 atom stereocenters. The Morgan fingerprint density at radius 3 is 2.50 bits per heavy atom. The van der Waals surface area contributed by atoms with Crippen LogP contribution in [-0.2, 0) is 9.59 Å². The van der Waals surface area contributed by atoms with Gasteiger partial charge in [0.1, 0.15) is 17.4 Å². The van der Waals surface area contributed by atoms with E-state index in [1.165, 1.54) is 6.08 Å². The molecule has 2 amide bonds. The quantitative estimate of drug-likeness (QED) is 0.746. The molecule has 136 valence electrons. The summed E-state index contributed by atoms with van der Waals surface area (Å²) < 4.78 is 31.3. The van der Waals surface area contributed by atoms with Gasteiger partial charge in [-0.25, -0.2) is 8.78 Å². The Labute approximate surface area is 149 Å². The Morgan fingerprint density at radius 1 is 1.12 bits per heavy atom. The van der Waals surface area contributed by atoms with Crippen LogP contribution in [0.1, 0.15) is 12.0 Å². The minimum absolute atomic E-state index is 0.0427. The number of carbonyl (C=O) groups excluding carboxylic acids is 2. The van der Waals surface area contributed by atoms with Gasteiger partial charge in [-0.2, -0.15) is 0 Å². The van der Waals surface area contributed by atoms with E-state index in [4.69, 9.17) is 4.74 Å². The fourth-order valence-electron chi connectivity index (χ4n) is 2.05. The molecular weight excluding hydrogens is 342 g/mol. The summed E-state index contributed by atoms with van der Waals surface area (Å²) in [7, 11) is 1.57. The highest BCUT2D eigenvalue weighted by molar-refractivity contribution is 5.93. The second-order valence-electron chi connectivity index (χ2n) is 5.32. The van der Waals surface area contributed by atoms with Crippen LogP contribution in [0.2, 0.25) is 0 Å². The maximum absolute atomic E-state index is 13.4. The number of amides is 2. The summed E-state index contributed by atoms with van der Waals surface area (Å²) in [5.41, 5.74) is 0.715. The first-order chi connectivity index (χ1) is 12.5. The third kappa shape index (κ3) is 6.01. The van der Waals surface area contributed by atoms with E-state index in [1.54, 1.807) is 37.5 Å². The van der Waals surface area contributed by atoms with Gasteiger partial charge in [0.2, 0.25) is 11.8 Å². The molecule has 0 bridgehead atoms. The van der Waals surface area contributed by atoms with Crippen LogP contribution >= 0.6 is 0 Å². The summed E-state index contributed by atoms with van der Waals surface area (Å²) in [6.45, 7) is 0.0838. The number of benzene rings is 2. The fourth-order valence-corrected chi connectivity index (χ4v) is 2.05. The van der Waals surface area contributed by atoms with Crippen LogP contribution in [0.25, 0.3) is 6.08 Å². The Hall–Kier alpha value is -3.22. The summed E-state index contributed by atoms with van der Waals surface area (Å²) in [4.78, 5) is 23.4. The van der Waals surface area contributed by atoms with Crippen molar-refractivity contribution < 1.29 is 23.1 Å². The Morgan fingerprint density at radius 2 is 1.85 bits per heavy atom. The summed E-state index contributed by atoms with van der Waals surface area (Å²) in [6, 6.07) is 10.0. The number of methoxy groups -OCH3 is 1. The zero-order valence-corrected chi connectivity index (χ0v) is 14.1. The standard InChI is InChI=1S/C19H18F2N2O3/c1-26-15-6-2-13(3-7-15)4-9-18(24)22-11-10-19(25)23-17-8-5-14(20)12-16(17)21/h2-9,12H,10-11H2,1H3,(H,22,24)(H,23,25). The third-order valence-electron chi connectivity index (χ3n) is 3.40. The van der Waals surface area contributed by atoms with Crippen LogP contribution in [0.3, 0.4) is 0 Å². The lowest BCUT2D eigenvalue weighted by molar-refractivity contribution is -0.117. The molecule has 0 fully saturated rings. The summed E-state index contributed by atoms with van der Waals surface area (Å²) in [5.74, 6) is -1.71. The van der Waals surface area contributed by atoms with E-state index in [9.17, 15) is 18.4 Å². The molecule has 0 aliphatic heterocycles. The maximum atomic E-state index is 13.4. The predicted molar refractivity (Wildman–Crippen MR) is 94.6 cm³/mol. The first kappa shape index (κ1) is 19.1. The molecule has 2 aromatic carbocycles. The SMILES string of the molecule is COc1ccc(C=CC(=O)NCCC(=O)Nc2ccc(F)cc2F)cc1. The number of halogens is 2. The number of anilines is 1. The molecule has 26 heavy (non-hydrogen) atoms. The largest absolute Gasteiger partial charge is 0.497 e. The van der Waals surface area contributed by atoms with Gasteiger partial charge in [-0.15, -0.1) is 0 Å². The second-order valence-corrected chi connectivity index (χ2v) is 5.32. The van der Waals surface area contributed by atoms with Crippen molar-refractivity contribution in [2.75, 3.05) is 19.0 Å². The topological polar surface area (TPSA) is 67.4 Å². The number of nitrogens with one attached hydrogen (secondary N) is 2. The van der Waals surface area contributed by atoms with Crippen molar-refractivity contribution in [3.63, 3.8) is 0 Å². The first-order valence-corrected chi connectivity index (χ1v) is 7.83. The van der Waals surface area contributed by atoms with Crippen molar-refractivity contribution in [2.45, 2.75) is 6.42 Å². The van der Waals surface area contributed by atoms with Crippen LogP contribution < -0.4 is 15.4 Å². The van der Waals surface area contributed by atoms with Gasteiger partial charge in [0, 0.05) is 25.1 Å². The number of rotatable bonds is 7. The Balaban J connectivity index is 1.74. The number of carbonyl (C=O) groups is 2. The highest BCUT2D eigenvalue weighted by Crippen LogP contribution is 2.15. The lowest BCUT2D eigenvalue weighted by Crippen LogP contribution is -2.26. The van der Waals surface area contributed by atoms with E-state index < -0.39 is 17.5 Å². The van der Waals surface area contributed by atoms with Crippen molar-refractivity contribution in [3.8, 4) is 5.75 Å². The zero-order chi connectivity index (χ0) is 18.9. The molecule has 2 rings (SSSR count). The molecule has 0 saturated heterocycles. The van der Waals surface area contributed by atoms with Crippen LogP contribution in [0, 0.1) is 11.6 Å². The number of hydrogen-bond donors (Lipinski definition) is 2. The molecule has 0 saturated carbocycles. The van der Waals surface area contributed by atoms with E-state index >= 15 is 0 Å². The van der Waals surface area contributed by atoms with Gasteiger partial charge in [-0.05, 0) is 35.9 Å². The molecule has 2 aromatic rings. The van der Waals surface area contributed by atoms with Crippen molar-refractivity contribution in [1.82, 2.24) is 5.32 Å². The number of ether oxygens (including phenoxy) is 1. The van der Waals surface area contributed by atoms with E-state index in [-0.39, 0.29) is 24.6 Å². The molecule has 0 spiro atoms. The molecule has 0 aliphatic rings. The zero-order valence-electron chi connectivity index (χ0n) is 14.1. The first-order valence-electron chi connectivity index (χ1n) is 7.83. The highest BCUT2D eigenvalue weighted by Gasteiger charge is 2.08. The van der Waals surface area contributed by atoms with E-state index in [0.29, 0.717) is 6.07 Å². The van der Waals surface area contributed by atoms with E-state index in [0.717, 1.165) is 23.4 Å². The van der Waals surface area contributed by atoms with Crippen molar-refractivity contribution >= 4 is 23.6 Å². The minimum Gasteiger partial charge on any atom is -0.497 e. The molecule has 0 unspecified atom stereocenters. The van der Waals surface area contributed by atoms with E-state index in [1.807, 2.05) is 0 Å². The lowest BCUT2D eigenvalue weighted by atomic mass is 10.2. The monoisotopic (exact) mass is 360 g/mol. The molecule has 0 aliphatic carbocycles. The molecule has 0 radical (unpaired) electrons. The molecule has 5 nitrogen and oxygen atoms in total. The fraction of sp³-hybridized carbons (Fsp3) is 0.158. The predicted octanol–water partition coefficient (Wildman–Crippen LogP) is 3.13. The lowest BCUT2D eigenvalue weighted by Gasteiger charge is -2.06. The average Bonchev–Trinajstić information content (AvgIpc) is 2.63. The third-order valence-corrected chi connectivity index (χ3v) is 3.40. The Kier molecular flexibility index (Phi) is 6.84. The van der Waals surface area contributed by atoms with Gasteiger partial charge in [-0.1, -0.05) is 12.1 Å². The van der Waals surface area contributed by atoms with E-state index in [2.05, 4.69) is 10.6 Å². The van der Waals surface area contributed by atoms with Gasteiger partial charge in [-0.3, -0.25) is 9.59 Å². The minimum atomic E-state index is -0.857.